The molecule has 1 aliphatic carbocycles. The van der Waals surface area contributed by atoms with Gasteiger partial charge in [0.15, 0.2) is 0 Å². The maximum atomic E-state index is 10.9. The summed E-state index contributed by atoms with van der Waals surface area (Å²) in [6.45, 7) is 4.39. The van der Waals surface area contributed by atoms with Crippen molar-refractivity contribution in [2.75, 3.05) is 0 Å². The Morgan fingerprint density at radius 1 is 1.32 bits per heavy atom. The lowest BCUT2D eigenvalue weighted by Gasteiger charge is -2.15. The monoisotopic (exact) mass is 260 g/mol. The van der Waals surface area contributed by atoms with Gasteiger partial charge in [-0.2, -0.15) is 0 Å². The minimum absolute atomic E-state index is 0.0755. The van der Waals surface area contributed by atoms with Crippen molar-refractivity contribution in [1.82, 2.24) is 0 Å². The molecule has 0 bridgehead atoms. The van der Waals surface area contributed by atoms with Crippen LogP contribution in [0, 0.1) is 11.8 Å². The topological polar surface area (TPSA) is 37.3 Å². The SMILES string of the molecule is CCCc1ccc(C(CC)CC2CC2C(=O)O)cc1. The summed E-state index contributed by atoms with van der Waals surface area (Å²) >= 11 is 0. The lowest BCUT2D eigenvalue weighted by molar-refractivity contribution is -0.138. The van der Waals surface area contributed by atoms with Crippen LogP contribution in [0.4, 0.5) is 0 Å². The van der Waals surface area contributed by atoms with E-state index in [9.17, 15) is 4.79 Å². The van der Waals surface area contributed by atoms with Crippen LogP contribution in [0.3, 0.4) is 0 Å². The van der Waals surface area contributed by atoms with Crippen molar-refractivity contribution in [3.63, 3.8) is 0 Å². The summed E-state index contributed by atoms with van der Waals surface area (Å²) in [6.07, 6.45) is 5.32. The minimum atomic E-state index is -0.613. The summed E-state index contributed by atoms with van der Waals surface area (Å²) in [4.78, 5) is 10.9. The van der Waals surface area contributed by atoms with Crippen molar-refractivity contribution in [1.29, 1.82) is 0 Å². The number of carboxylic acid groups (broad SMARTS) is 1. The first-order chi connectivity index (χ1) is 9.15. The van der Waals surface area contributed by atoms with Gasteiger partial charge in [-0.1, -0.05) is 44.5 Å². The zero-order valence-electron chi connectivity index (χ0n) is 11.9. The van der Waals surface area contributed by atoms with E-state index in [1.54, 1.807) is 0 Å². The number of rotatable bonds is 7. The fourth-order valence-electron chi connectivity index (χ4n) is 2.96. The third-order valence-electron chi connectivity index (χ3n) is 4.31. The van der Waals surface area contributed by atoms with Crippen molar-refractivity contribution in [3.8, 4) is 0 Å². The van der Waals surface area contributed by atoms with Crippen molar-refractivity contribution in [2.45, 2.75) is 51.9 Å². The first-order valence-electron chi connectivity index (χ1n) is 7.47. The summed E-state index contributed by atoms with van der Waals surface area (Å²) in [7, 11) is 0. The van der Waals surface area contributed by atoms with Gasteiger partial charge in [-0.25, -0.2) is 0 Å². The standard InChI is InChI=1S/C17H24O2/c1-3-5-12-6-8-14(9-7-12)13(4-2)10-15-11-16(15)17(18)19/h6-9,13,15-16H,3-5,10-11H2,1-2H3,(H,18,19). The van der Waals surface area contributed by atoms with Crippen LogP contribution < -0.4 is 0 Å². The Morgan fingerprint density at radius 2 is 2.00 bits per heavy atom. The van der Waals surface area contributed by atoms with E-state index in [4.69, 9.17) is 5.11 Å². The molecule has 0 radical (unpaired) electrons. The van der Waals surface area contributed by atoms with E-state index in [0.717, 1.165) is 25.7 Å². The average Bonchev–Trinajstić information content (AvgIpc) is 3.17. The van der Waals surface area contributed by atoms with E-state index < -0.39 is 5.97 Å². The Bertz CT molecular complexity index is 421. The third kappa shape index (κ3) is 3.59. The molecule has 1 saturated carbocycles. The molecule has 2 heteroatoms. The zero-order valence-corrected chi connectivity index (χ0v) is 11.9. The van der Waals surface area contributed by atoms with Gasteiger partial charge in [-0.05, 0) is 48.6 Å². The van der Waals surface area contributed by atoms with Gasteiger partial charge in [0.2, 0.25) is 0 Å². The van der Waals surface area contributed by atoms with E-state index in [1.165, 1.54) is 17.5 Å². The molecule has 1 aromatic rings. The second-order valence-electron chi connectivity index (χ2n) is 5.77. The minimum Gasteiger partial charge on any atom is -0.481 e. The van der Waals surface area contributed by atoms with Crippen LogP contribution in [-0.2, 0) is 11.2 Å². The predicted octanol–water partition coefficient (Wildman–Crippen LogP) is 4.24. The number of aryl methyl sites for hydroxylation is 1. The molecule has 0 aromatic heterocycles. The van der Waals surface area contributed by atoms with Gasteiger partial charge >= 0.3 is 5.97 Å². The smallest absolute Gasteiger partial charge is 0.306 e. The number of hydrogen-bond acceptors (Lipinski definition) is 1. The molecule has 1 aromatic carbocycles. The van der Waals surface area contributed by atoms with Crippen LogP contribution in [0.2, 0.25) is 0 Å². The maximum absolute atomic E-state index is 10.9. The number of carboxylic acids is 1. The van der Waals surface area contributed by atoms with Crippen molar-refractivity contribution in [2.24, 2.45) is 11.8 Å². The van der Waals surface area contributed by atoms with E-state index >= 15 is 0 Å². The van der Waals surface area contributed by atoms with Crippen molar-refractivity contribution in [3.05, 3.63) is 35.4 Å². The predicted molar refractivity (Wildman–Crippen MR) is 77.3 cm³/mol. The molecule has 0 amide bonds. The molecule has 1 fully saturated rings. The molecule has 1 aliphatic rings. The van der Waals surface area contributed by atoms with Crippen LogP contribution >= 0.6 is 0 Å². The molecule has 2 rings (SSSR count). The van der Waals surface area contributed by atoms with Gasteiger partial charge in [-0.15, -0.1) is 0 Å². The van der Waals surface area contributed by atoms with E-state index in [1.807, 2.05) is 0 Å². The van der Waals surface area contributed by atoms with Crippen LogP contribution in [0.5, 0.6) is 0 Å². The van der Waals surface area contributed by atoms with Gasteiger partial charge in [0, 0.05) is 0 Å². The molecule has 3 atom stereocenters. The third-order valence-corrected chi connectivity index (χ3v) is 4.31. The molecular formula is C17H24O2. The average molecular weight is 260 g/mol. The normalized spacial score (nSPS) is 23.1. The van der Waals surface area contributed by atoms with Gasteiger partial charge in [0.05, 0.1) is 5.92 Å². The Kier molecular flexibility index (Phi) is 4.62. The summed E-state index contributed by atoms with van der Waals surface area (Å²) in [5, 5.41) is 8.98. The van der Waals surface area contributed by atoms with E-state index in [-0.39, 0.29) is 5.92 Å². The lowest BCUT2D eigenvalue weighted by Crippen LogP contribution is -2.04. The van der Waals surface area contributed by atoms with E-state index in [0.29, 0.717) is 11.8 Å². The van der Waals surface area contributed by atoms with Crippen LogP contribution in [0.25, 0.3) is 0 Å². The quantitative estimate of drug-likeness (QED) is 0.796. The molecule has 3 unspecified atom stereocenters. The van der Waals surface area contributed by atoms with Gasteiger partial charge in [0.25, 0.3) is 0 Å². The van der Waals surface area contributed by atoms with E-state index in [2.05, 4.69) is 38.1 Å². The zero-order chi connectivity index (χ0) is 13.8. The Hall–Kier alpha value is -1.31. The summed E-state index contributed by atoms with van der Waals surface area (Å²) in [6, 6.07) is 8.92. The molecule has 0 saturated heterocycles. The molecular weight excluding hydrogens is 236 g/mol. The number of carbonyl (C=O) groups is 1. The van der Waals surface area contributed by atoms with Crippen LogP contribution in [0.1, 0.15) is 56.6 Å². The van der Waals surface area contributed by atoms with Crippen molar-refractivity contribution < 1.29 is 9.90 Å². The first kappa shape index (κ1) is 14.1. The molecule has 19 heavy (non-hydrogen) atoms. The summed E-state index contributed by atoms with van der Waals surface area (Å²) in [5.74, 6) is 0.231. The molecule has 0 heterocycles. The fraction of sp³-hybridized carbons (Fsp3) is 0.588. The van der Waals surface area contributed by atoms with Gasteiger partial charge in [-0.3, -0.25) is 4.79 Å². The number of aliphatic carboxylic acids is 1. The maximum Gasteiger partial charge on any atom is 0.306 e. The highest BCUT2D eigenvalue weighted by molar-refractivity contribution is 5.73. The molecule has 1 N–H and O–H groups in total. The van der Waals surface area contributed by atoms with Gasteiger partial charge < -0.3 is 5.11 Å². The van der Waals surface area contributed by atoms with Crippen LogP contribution in [0.15, 0.2) is 24.3 Å². The highest BCUT2D eigenvalue weighted by Crippen LogP contribution is 2.45. The first-order valence-corrected chi connectivity index (χ1v) is 7.47. The van der Waals surface area contributed by atoms with Gasteiger partial charge in [0.1, 0.15) is 0 Å². The molecule has 2 nitrogen and oxygen atoms in total. The highest BCUT2D eigenvalue weighted by Gasteiger charge is 2.43. The summed E-state index contributed by atoms with van der Waals surface area (Å²) < 4.78 is 0. The summed E-state index contributed by atoms with van der Waals surface area (Å²) in [5.41, 5.74) is 2.77. The largest absolute Gasteiger partial charge is 0.481 e. The number of benzene rings is 1. The van der Waals surface area contributed by atoms with Crippen LogP contribution in [-0.4, -0.2) is 11.1 Å². The number of hydrogen-bond donors (Lipinski definition) is 1. The highest BCUT2D eigenvalue weighted by atomic mass is 16.4. The fourth-order valence-corrected chi connectivity index (χ4v) is 2.96. The van der Waals surface area contributed by atoms with Crippen molar-refractivity contribution >= 4 is 5.97 Å². The Balaban J connectivity index is 1.96. The lowest BCUT2D eigenvalue weighted by atomic mass is 9.90. The second kappa shape index (κ2) is 6.23. The Labute approximate surface area is 115 Å². The second-order valence-corrected chi connectivity index (χ2v) is 5.77. The molecule has 0 aliphatic heterocycles. The molecule has 104 valence electrons. The molecule has 0 spiro atoms. The Morgan fingerprint density at radius 3 is 2.47 bits per heavy atom.